The Morgan fingerprint density at radius 1 is 1.07 bits per heavy atom. The van der Waals surface area contributed by atoms with Gasteiger partial charge in [0.1, 0.15) is 5.82 Å². The highest BCUT2D eigenvalue weighted by molar-refractivity contribution is 7.81. The quantitative estimate of drug-likeness (QED) is 0.659. The van der Waals surface area contributed by atoms with Crippen molar-refractivity contribution in [1.29, 1.82) is 0 Å². The summed E-state index contributed by atoms with van der Waals surface area (Å²) < 4.78 is 0. The van der Waals surface area contributed by atoms with Crippen LogP contribution < -0.4 is 5.73 Å². The van der Waals surface area contributed by atoms with Crippen LogP contribution in [0.4, 0.5) is 5.82 Å². The molecule has 0 amide bonds. The van der Waals surface area contributed by atoms with Gasteiger partial charge in [-0.05, 0) is 17.3 Å². The molecule has 2 rings (SSSR count). The second-order valence-corrected chi connectivity index (χ2v) is 3.94. The topological polar surface area (TPSA) is 64.7 Å². The van der Waals surface area contributed by atoms with Crippen molar-refractivity contribution < 1.29 is 0 Å². The van der Waals surface area contributed by atoms with Gasteiger partial charge in [0.2, 0.25) is 0 Å². The lowest BCUT2D eigenvalue weighted by atomic mass is 10.1. The lowest BCUT2D eigenvalue weighted by Gasteiger charge is -2.04. The molecule has 4 nitrogen and oxygen atoms in total. The number of hydrogen-bond acceptors (Lipinski definition) is 6. The Hall–Kier alpha value is -1.27. The van der Waals surface area contributed by atoms with Crippen LogP contribution in [0.25, 0.3) is 11.3 Å². The van der Waals surface area contributed by atoms with Crippen molar-refractivity contribution >= 4 is 31.1 Å². The maximum atomic E-state index is 5.52. The Morgan fingerprint density at radius 3 is 2.53 bits per heavy atom. The molecule has 76 valence electrons. The van der Waals surface area contributed by atoms with Gasteiger partial charge in [-0.25, -0.2) is 0 Å². The number of benzene rings is 1. The number of rotatable bonds is 1. The number of aromatic nitrogens is 3. The fourth-order valence-corrected chi connectivity index (χ4v) is 1.82. The van der Waals surface area contributed by atoms with E-state index in [9.17, 15) is 0 Å². The molecule has 0 radical (unpaired) electrons. The van der Waals surface area contributed by atoms with E-state index >= 15 is 0 Å². The van der Waals surface area contributed by atoms with Crippen molar-refractivity contribution in [1.82, 2.24) is 15.4 Å². The Labute approximate surface area is 97.7 Å². The zero-order valence-electron chi connectivity index (χ0n) is 7.62. The SMILES string of the molecule is Nc1cc(-c2ccc(S)cc2S)nnn1. The van der Waals surface area contributed by atoms with Crippen molar-refractivity contribution in [3.63, 3.8) is 0 Å². The average molecular weight is 236 g/mol. The van der Waals surface area contributed by atoms with Gasteiger partial charge < -0.3 is 5.73 Å². The lowest BCUT2D eigenvalue weighted by molar-refractivity contribution is 0.877. The van der Waals surface area contributed by atoms with Gasteiger partial charge in [0.05, 0.1) is 5.69 Å². The summed E-state index contributed by atoms with van der Waals surface area (Å²) in [5.41, 5.74) is 7.03. The summed E-state index contributed by atoms with van der Waals surface area (Å²) in [6, 6.07) is 7.21. The normalized spacial score (nSPS) is 10.3. The molecular formula is C9H8N4S2. The lowest BCUT2D eigenvalue weighted by Crippen LogP contribution is -1.97. The molecule has 0 saturated carbocycles. The molecule has 0 fully saturated rings. The van der Waals surface area contributed by atoms with E-state index in [2.05, 4.69) is 40.7 Å². The summed E-state index contributed by atoms with van der Waals surface area (Å²) in [4.78, 5) is 1.63. The minimum atomic E-state index is 0.336. The van der Waals surface area contributed by atoms with Crippen LogP contribution in [0.3, 0.4) is 0 Å². The zero-order valence-corrected chi connectivity index (χ0v) is 9.41. The third-order valence-electron chi connectivity index (χ3n) is 1.85. The Morgan fingerprint density at radius 2 is 1.87 bits per heavy atom. The highest BCUT2D eigenvalue weighted by Crippen LogP contribution is 2.26. The largest absolute Gasteiger partial charge is 0.382 e. The van der Waals surface area contributed by atoms with Crippen molar-refractivity contribution in [3.8, 4) is 11.3 Å². The van der Waals surface area contributed by atoms with Crippen LogP contribution in [0.5, 0.6) is 0 Å². The van der Waals surface area contributed by atoms with Gasteiger partial charge in [0.25, 0.3) is 0 Å². The third kappa shape index (κ3) is 2.21. The maximum Gasteiger partial charge on any atom is 0.150 e. The maximum absolute atomic E-state index is 5.52. The first-order valence-corrected chi connectivity index (χ1v) is 5.04. The predicted molar refractivity (Wildman–Crippen MR) is 64.2 cm³/mol. The van der Waals surface area contributed by atoms with Crippen LogP contribution in [0.1, 0.15) is 0 Å². The fraction of sp³-hybridized carbons (Fsp3) is 0. The van der Waals surface area contributed by atoms with Crippen LogP contribution >= 0.6 is 25.3 Å². The molecule has 0 saturated heterocycles. The third-order valence-corrected chi connectivity index (χ3v) is 2.50. The van der Waals surface area contributed by atoms with Gasteiger partial charge in [-0.1, -0.05) is 6.07 Å². The van der Waals surface area contributed by atoms with Gasteiger partial charge in [-0.2, -0.15) is 0 Å². The molecule has 2 aromatic rings. The Balaban J connectivity index is 2.54. The average Bonchev–Trinajstić information content (AvgIpc) is 2.17. The minimum absolute atomic E-state index is 0.336. The van der Waals surface area contributed by atoms with E-state index in [1.807, 2.05) is 18.2 Å². The first-order chi connectivity index (χ1) is 7.16. The molecular weight excluding hydrogens is 228 g/mol. The van der Waals surface area contributed by atoms with E-state index in [1.165, 1.54) is 0 Å². The molecule has 0 aliphatic rings. The van der Waals surface area contributed by atoms with Crippen molar-refractivity contribution in [2.45, 2.75) is 9.79 Å². The van der Waals surface area contributed by atoms with Gasteiger partial charge in [-0.3, -0.25) is 0 Å². The number of hydrogen-bond donors (Lipinski definition) is 3. The highest BCUT2D eigenvalue weighted by atomic mass is 32.1. The molecule has 0 unspecified atom stereocenters. The molecule has 0 aliphatic heterocycles. The summed E-state index contributed by atoms with van der Waals surface area (Å²) in [7, 11) is 0. The summed E-state index contributed by atoms with van der Waals surface area (Å²) in [6.07, 6.45) is 0. The van der Waals surface area contributed by atoms with Gasteiger partial charge in [-0.15, -0.1) is 35.5 Å². The van der Waals surface area contributed by atoms with Gasteiger partial charge in [0, 0.05) is 21.4 Å². The van der Waals surface area contributed by atoms with Gasteiger partial charge in [0.15, 0.2) is 0 Å². The van der Waals surface area contributed by atoms with Crippen molar-refractivity contribution in [3.05, 3.63) is 24.3 Å². The second-order valence-electron chi connectivity index (χ2n) is 2.95. The monoisotopic (exact) mass is 236 g/mol. The number of nitrogens with zero attached hydrogens (tertiary/aromatic N) is 3. The molecule has 1 aromatic heterocycles. The molecule has 0 aliphatic carbocycles. The molecule has 0 atom stereocenters. The molecule has 0 bridgehead atoms. The first kappa shape index (κ1) is 10.3. The summed E-state index contributed by atoms with van der Waals surface area (Å²) in [6.45, 7) is 0. The number of nitrogens with two attached hydrogens (primary N) is 1. The summed E-state index contributed by atoms with van der Waals surface area (Å²) in [5.74, 6) is 0.336. The number of anilines is 1. The van der Waals surface area contributed by atoms with Crippen molar-refractivity contribution in [2.24, 2.45) is 0 Å². The number of thiol groups is 2. The molecule has 1 heterocycles. The minimum Gasteiger partial charge on any atom is -0.382 e. The van der Waals surface area contributed by atoms with E-state index in [-0.39, 0.29) is 0 Å². The van der Waals surface area contributed by atoms with E-state index in [0.29, 0.717) is 11.5 Å². The zero-order chi connectivity index (χ0) is 10.8. The van der Waals surface area contributed by atoms with E-state index in [0.717, 1.165) is 15.4 Å². The summed E-state index contributed by atoms with van der Waals surface area (Å²) in [5, 5.41) is 11.0. The van der Waals surface area contributed by atoms with Crippen LogP contribution in [-0.4, -0.2) is 15.4 Å². The fourth-order valence-electron chi connectivity index (χ4n) is 1.19. The molecule has 2 N–H and O–H groups in total. The molecule has 1 aromatic carbocycles. The highest BCUT2D eigenvalue weighted by Gasteiger charge is 2.05. The van der Waals surface area contributed by atoms with Gasteiger partial charge >= 0.3 is 0 Å². The van der Waals surface area contributed by atoms with E-state index in [4.69, 9.17) is 5.73 Å². The Kier molecular flexibility index (Phi) is 2.79. The van der Waals surface area contributed by atoms with E-state index < -0.39 is 0 Å². The summed E-state index contributed by atoms with van der Waals surface area (Å²) >= 11 is 8.55. The first-order valence-electron chi connectivity index (χ1n) is 4.15. The van der Waals surface area contributed by atoms with Crippen LogP contribution in [0, 0.1) is 0 Å². The van der Waals surface area contributed by atoms with Crippen LogP contribution in [0.2, 0.25) is 0 Å². The standard InChI is InChI=1S/C9H8N4S2/c10-9-4-7(11-13-12-9)6-2-1-5(14)3-8(6)15/h1-4,14-15H,(H2,10,11,12). The molecule has 0 spiro atoms. The van der Waals surface area contributed by atoms with Crippen LogP contribution in [-0.2, 0) is 0 Å². The second kappa shape index (κ2) is 4.08. The predicted octanol–water partition coefficient (Wildman–Crippen LogP) is 1.70. The Bertz CT molecular complexity index is 501. The number of nitrogen functional groups attached to an aromatic ring is 1. The molecule has 6 heteroatoms. The van der Waals surface area contributed by atoms with Crippen molar-refractivity contribution in [2.75, 3.05) is 5.73 Å². The van der Waals surface area contributed by atoms with Crippen LogP contribution in [0.15, 0.2) is 34.1 Å². The smallest absolute Gasteiger partial charge is 0.150 e. The van der Waals surface area contributed by atoms with E-state index in [1.54, 1.807) is 6.07 Å². The molecule has 15 heavy (non-hydrogen) atoms.